The second-order valence-electron chi connectivity index (χ2n) is 4.25. The summed E-state index contributed by atoms with van der Waals surface area (Å²) in [7, 11) is 0. The minimum Gasteiger partial charge on any atom is -0.448 e. The lowest BCUT2D eigenvalue weighted by molar-refractivity contribution is 0.118. The van der Waals surface area contributed by atoms with Crippen LogP contribution in [0.15, 0.2) is 36.8 Å². The number of aromatic nitrogens is 3. The standard InChI is InChI=1S/C14H16N4O3/c1-2-3-10-21-14(19)18(20)12-6-9-16-13(17-12)11-4-7-15-8-5-11/h4-9,20H,2-3,10H2,1H3. The SMILES string of the molecule is CCCCOC(=O)N(O)c1ccnc(-c2ccncc2)n1. The van der Waals surface area contributed by atoms with E-state index in [1.807, 2.05) is 6.92 Å². The van der Waals surface area contributed by atoms with Gasteiger partial charge in [-0.15, -0.1) is 5.06 Å². The van der Waals surface area contributed by atoms with Crippen LogP contribution in [0.5, 0.6) is 0 Å². The third-order valence-corrected chi connectivity index (χ3v) is 2.69. The van der Waals surface area contributed by atoms with Gasteiger partial charge in [-0.3, -0.25) is 10.2 Å². The number of carbonyl (C=O) groups excluding carboxylic acids is 1. The van der Waals surface area contributed by atoms with E-state index >= 15 is 0 Å². The van der Waals surface area contributed by atoms with Crippen LogP contribution >= 0.6 is 0 Å². The van der Waals surface area contributed by atoms with Gasteiger partial charge in [0.2, 0.25) is 0 Å². The summed E-state index contributed by atoms with van der Waals surface area (Å²) in [5.74, 6) is 0.439. The Morgan fingerprint density at radius 2 is 2.05 bits per heavy atom. The third-order valence-electron chi connectivity index (χ3n) is 2.69. The molecule has 0 atom stereocenters. The van der Waals surface area contributed by atoms with Gasteiger partial charge in [0, 0.05) is 30.2 Å². The van der Waals surface area contributed by atoms with Crippen LogP contribution in [0, 0.1) is 0 Å². The first-order valence-corrected chi connectivity index (χ1v) is 6.61. The van der Waals surface area contributed by atoms with E-state index in [4.69, 9.17) is 4.74 Å². The lowest BCUT2D eigenvalue weighted by Crippen LogP contribution is -2.29. The Balaban J connectivity index is 2.12. The Morgan fingerprint density at radius 1 is 1.29 bits per heavy atom. The largest absolute Gasteiger partial charge is 0.448 e. The van der Waals surface area contributed by atoms with Crippen LogP contribution in [-0.2, 0) is 4.74 Å². The van der Waals surface area contributed by atoms with Crippen molar-refractivity contribution < 1.29 is 14.7 Å². The molecule has 1 amide bonds. The molecule has 0 aromatic carbocycles. The number of amides is 1. The molecule has 0 fully saturated rings. The third kappa shape index (κ3) is 3.96. The molecule has 21 heavy (non-hydrogen) atoms. The van der Waals surface area contributed by atoms with E-state index in [1.54, 1.807) is 24.5 Å². The quantitative estimate of drug-likeness (QED) is 0.517. The van der Waals surface area contributed by atoms with Gasteiger partial charge in [-0.05, 0) is 18.6 Å². The van der Waals surface area contributed by atoms with Crippen molar-refractivity contribution in [2.45, 2.75) is 19.8 Å². The number of carbonyl (C=O) groups is 1. The van der Waals surface area contributed by atoms with Gasteiger partial charge in [-0.25, -0.2) is 14.8 Å². The average Bonchev–Trinajstić information content (AvgIpc) is 2.55. The molecule has 7 nitrogen and oxygen atoms in total. The summed E-state index contributed by atoms with van der Waals surface area (Å²) in [6.45, 7) is 2.24. The fraction of sp³-hybridized carbons (Fsp3) is 0.286. The monoisotopic (exact) mass is 288 g/mol. The Kier molecular flexibility index (Phi) is 5.16. The van der Waals surface area contributed by atoms with E-state index in [2.05, 4.69) is 15.0 Å². The number of rotatable bonds is 5. The summed E-state index contributed by atoms with van der Waals surface area (Å²) in [6.07, 6.45) is 5.47. The molecule has 0 aliphatic heterocycles. The smallest absolute Gasteiger partial charge is 0.440 e. The highest BCUT2D eigenvalue weighted by atomic mass is 16.6. The maximum absolute atomic E-state index is 11.6. The minimum absolute atomic E-state index is 0.0540. The highest BCUT2D eigenvalue weighted by molar-refractivity contribution is 5.83. The van der Waals surface area contributed by atoms with Crippen molar-refractivity contribution in [3.05, 3.63) is 36.8 Å². The van der Waals surface area contributed by atoms with Gasteiger partial charge >= 0.3 is 6.09 Å². The molecule has 110 valence electrons. The molecule has 2 aromatic heterocycles. The molecule has 0 unspecified atom stereocenters. The Bertz CT molecular complexity index is 592. The van der Waals surface area contributed by atoms with Crippen molar-refractivity contribution in [1.82, 2.24) is 15.0 Å². The summed E-state index contributed by atoms with van der Waals surface area (Å²) in [4.78, 5) is 23.8. The first kappa shape index (κ1) is 14.9. The van der Waals surface area contributed by atoms with Crippen LogP contribution < -0.4 is 5.06 Å². The number of pyridine rings is 1. The second kappa shape index (κ2) is 7.30. The van der Waals surface area contributed by atoms with Crippen molar-refractivity contribution in [1.29, 1.82) is 0 Å². The van der Waals surface area contributed by atoms with Gasteiger partial charge in [-0.1, -0.05) is 13.3 Å². The predicted molar refractivity (Wildman–Crippen MR) is 75.8 cm³/mol. The highest BCUT2D eigenvalue weighted by Crippen LogP contribution is 2.17. The Hall–Kier alpha value is -2.54. The molecule has 0 bridgehead atoms. The van der Waals surface area contributed by atoms with E-state index in [9.17, 15) is 10.0 Å². The molecule has 0 aliphatic rings. The number of anilines is 1. The van der Waals surface area contributed by atoms with E-state index in [-0.39, 0.29) is 12.4 Å². The fourth-order valence-corrected chi connectivity index (χ4v) is 1.57. The van der Waals surface area contributed by atoms with Gasteiger partial charge in [0.1, 0.15) is 0 Å². The zero-order valence-electron chi connectivity index (χ0n) is 11.6. The van der Waals surface area contributed by atoms with Crippen LogP contribution in [-0.4, -0.2) is 32.9 Å². The van der Waals surface area contributed by atoms with Crippen LogP contribution in [0.1, 0.15) is 19.8 Å². The maximum atomic E-state index is 11.6. The van der Waals surface area contributed by atoms with Crippen LogP contribution in [0.2, 0.25) is 0 Å². The molecule has 0 saturated heterocycles. The molecular formula is C14H16N4O3. The number of unbranched alkanes of at least 4 members (excludes halogenated alkanes) is 1. The first-order valence-electron chi connectivity index (χ1n) is 6.61. The van der Waals surface area contributed by atoms with Crippen LogP contribution in [0.4, 0.5) is 10.6 Å². The number of hydrogen-bond acceptors (Lipinski definition) is 6. The molecular weight excluding hydrogens is 272 g/mol. The summed E-state index contributed by atoms with van der Waals surface area (Å²) in [6, 6.07) is 4.90. The molecule has 0 radical (unpaired) electrons. The van der Waals surface area contributed by atoms with Crippen LogP contribution in [0.25, 0.3) is 11.4 Å². The van der Waals surface area contributed by atoms with Crippen molar-refractivity contribution in [3.63, 3.8) is 0 Å². The zero-order valence-corrected chi connectivity index (χ0v) is 11.6. The van der Waals surface area contributed by atoms with E-state index in [0.717, 1.165) is 18.4 Å². The van der Waals surface area contributed by atoms with E-state index in [0.29, 0.717) is 10.9 Å². The summed E-state index contributed by atoms with van der Waals surface area (Å²) in [5.41, 5.74) is 0.736. The Morgan fingerprint density at radius 3 is 2.76 bits per heavy atom. The lowest BCUT2D eigenvalue weighted by Gasteiger charge is -2.14. The normalized spacial score (nSPS) is 10.2. The van der Waals surface area contributed by atoms with Crippen molar-refractivity contribution >= 4 is 11.9 Å². The van der Waals surface area contributed by atoms with E-state index < -0.39 is 6.09 Å². The van der Waals surface area contributed by atoms with Crippen molar-refractivity contribution in [2.24, 2.45) is 0 Å². The molecule has 0 saturated carbocycles. The summed E-state index contributed by atoms with van der Waals surface area (Å²) in [5, 5.41) is 10.2. The van der Waals surface area contributed by atoms with Gasteiger partial charge in [0.25, 0.3) is 0 Å². The maximum Gasteiger partial charge on any atom is 0.440 e. The molecule has 0 spiro atoms. The highest BCUT2D eigenvalue weighted by Gasteiger charge is 2.17. The summed E-state index contributed by atoms with van der Waals surface area (Å²) >= 11 is 0. The molecule has 1 N–H and O–H groups in total. The van der Waals surface area contributed by atoms with Crippen LogP contribution in [0.3, 0.4) is 0 Å². The molecule has 7 heteroatoms. The average molecular weight is 288 g/mol. The zero-order chi connectivity index (χ0) is 15.1. The molecule has 2 heterocycles. The molecule has 2 rings (SSSR count). The Labute approximate surface area is 122 Å². The van der Waals surface area contributed by atoms with Crippen molar-refractivity contribution in [2.75, 3.05) is 11.7 Å². The van der Waals surface area contributed by atoms with E-state index in [1.165, 1.54) is 12.3 Å². The lowest BCUT2D eigenvalue weighted by atomic mass is 10.2. The van der Waals surface area contributed by atoms with Gasteiger partial charge in [-0.2, -0.15) is 0 Å². The predicted octanol–water partition coefficient (Wildman–Crippen LogP) is 2.67. The second-order valence-corrected chi connectivity index (χ2v) is 4.25. The minimum atomic E-state index is -0.858. The number of hydroxylamine groups is 1. The summed E-state index contributed by atoms with van der Waals surface area (Å²) < 4.78 is 4.91. The van der Waals surface area contributed by atoms with Gasteiger partial charge in [0.05, 0.1) is 6.61 Å². The molecule has 0 aliphatic carbocycles. The molecule has 2 aromatic rings. The van der Waals surface area contributed by atoms with Gasteiger partial charge < -0.3 is 4.74 Å². The fourth-order valence-electron chi connectivity index (χ4n) is 1.57. The topological polar surface area (TPSA) is 88.4 Å². The number of nitrogens with zero attached hydrogens (tertiary/aromatic N) is 4. The first-order chi connectivity index (χ1) is 10.2. The number of ether oxygens (including phenoxy) is 1. The number of hydrogen-bond donors (Lipinski definition) is 1. The van der Waals surface area contributed by atoms with Crippen molar-refractivity contribution in [3.8, 4) is 11.4 Å². The van der Waals surface area contributed by atoms with Gasteiger partial charge in [0.15, 0.2) is 11.6 Å².